The summed E-state index contributed by atoms with van der Waals surface area (Å²) in [7, 11) is 1.50. The molecule has 0 aliphatic carbocycles. The van der Waals surface area contributed by atoms with Gasteiger partial charge in [0.2, 0.25) is 0 Å². The van der Waals surface area contributed by atoms with Gasteiger partial charge in [0.25, 0.3) is 0 Å². The zero-order valence-electron chi connectivity index (χ0n) is 9.04. The normalized spacial score (nSPS) is 12.6. The Morgan fingerprint density at radius 2 is 2.44 bits per heavy atom. The van der Waals surface area contributed by atoms with Gasteiger partial charge in [-0.25, -0.2) is 4.68 Å². The van der Waals surface area contributed by atoms with E-state index in [1.807, 2.05) is 0 Å². The summed E-state index contributed by atoms with van der Waals surface area (Å²) in [5.41, 5.74) is 0.604. The number of methoxy groups -OCH3 is 1. The molecule has 0 amide bonds. The zero-order chi connectivity index (χ0) is 12.0. The molecular formula is C9H15N3O4. The number of aliphatic carboxylic acids is 1. The maximum absolute atomic E-state index is 10.3. The minimum atomic E-state index is -0.867. The zero-order valence-corrected chi connectivity index (χ0v) is 9.04. The first kappa shape index (κ1) is 12.6. The smallest absolute Gasteiger partial charge is 0.303 e. The predicted octanol–water partition coefficient (Wildman–Crippen LogP) is -0.697. The SMILES string of the molecule is COCC(O)Cn1cc(CCC(=O)O)nn1. The summed E-state index contributed by atoms with van der Waals surface area (Å²) in [6.45, 7) is 0.512. The van der Waals surface area contributed by atoms with Crippen molar-refractivity contribution >= 4 is 5.97 Å². The lowest BCUT2D eigenvalue weighted by Gasteiger charge is -2.07. The van der Waals surface area contributed by atoms with Crippen molar-refractivity contribution in [3.8, 4) is 0 Å². The lowest BCUT2D eigenvalue weighted by molar-refractivity contribution is -0.136. The number of carboxylic acid groups (broad SMARTS) is 1. The number of ether oxygens (including phenoxy) is 1. The van der Waals surface area contributed by atoms with Crippen LogP contribution in [0.5, 0.6) is 0 Å². The topological polar surface area (TPSA) is 97.5 Å². The van der Waals surface area contributed by atoms with Crippen LogP contribution in [-0.2, 0) is 22.5 Å². The number of aromatic nitrogens is 3. The first-order valence-corrected chi connectivity index (χ1v) is 4.89. The van der Waals surface area contributed by atoms with E-state index >= 15 is 0 Å². The highest BCUT2D eigenvalue weighted by Crippen LogP contribution is 1.99. The number of aryl methyl sites for hydroxylation is 1. The summed E-state index contributed by atoms with van der Waals surface area (Å²) in [6, 6.07) is 0. The fourth-order valence-corrected chi connectivity index (χ4v) is 1.24. The third-order valence-corrected chi connectivity index (χ3v) is 1.94. The Morgan fingerprint density at radius 1 is 1.69 bits per heavy atom. The summed E-state index contributed by atoms with van der Waals surface area (Å²) >= 11 is 0. The molecule has 0 saturated heterocycles. The Morgan fingerprint density at radius 3 is 3.06 bits per heavy atom. The van der Waals surface area contributed by atoms with Crippen LogP contribution in [0.3, 0.4) is 0 Å². The molecule has 1 atom stereocenters. The lowest BCUT2D eigenvalue weighted by Crippen LogP contribution is -2.21. The molecule has 90 valence electrons. The maximum Gasteiger partial charge on any atom is 0.303 e. The lowest BCUT2D eigenvalue weighted by atomic mass is 10.2. The molecular weight excluding hydrogens is 214 g/mol. The van der Waals surface area contributed by atoms with Gasteiger partial charge in [0.1, 0.15) is 0 Å². The molecule has 16 heavy (non-hydrogen) atoms. The molecule has 0 saturated carbocycles. The molecule has 1 unspecified atom stereocenters. The van der Waals surface area contributed by atoms with E-state index in [1.54, 1.807) is 6.20 Å². The molecule has 1 heterocycles. The van der Waals surface area contributed by atoms with Crippen molar-refractivity contribution in [2.45, 2.75) is 25.5 Å². The van der Waals surface area contributed by atoms with Gasteiger partial charge >= 0.3 is 5.97 Å². The highest BCUT2D eigenvalue weighted by molar-refractivity contribution is 5.66. The van der Waals surface area contributed by atoms with Gasteiger partial charge in [-0.1, -0.05) is 5.21 Å². The van der Waals surface area contributed by atoms with E-state index in [1.165, 1.54) is 11.8 Å². The van der Waals surface area contributed by atoms with E-state index in [0.717, 1.165) is 0 Å². The first-order chi connectivity index (χ1) is 7.61. The van der Waals surface area contributed by atoms with Gasteiger partial charge in [-0.15, -0.1) is 5.10 Å². The molecule has 7 nitrogen and oxygen atoms in total. The molecule has 0 spiro atoms. The Labute approximate surface area is 92.6 Å². The number of carboxylic acids is 1. The van der Waals surface area contributed by atoms with Gasteiger partial charge in [0.05, 0.1) is 31.4 Å². The molecule has 1 aromatic heterocycles. The number of carbonyl (C=O) groups is 1. The number of hydrogen-bond acceptors (Lipinski definition) is 5. The molecule has 1 aromatic rings. The summed E-state index contributed by atoms with van der Waals surface area (Å²) in [6.07, 6.45) is 1.36. The standard InChI is InChI=1S/C9H15N3O4/c1-16-6-8(13)5-12-4-7(10-11-12)2-3-9(14)15/h4,8,13H,2-3,5-6H2,1H3,(H,14,15). The second-order valence-corrected chi connectivity index (χ2v) is 3.43. The second kappa shape index (κ2) is 6.19. The van der Waals surface area contributed by atoms with Gasteiger partial charge in [-0.2, -0.15) is 0 Å². The third-order valence-electron chi connectivity index (χ3n) is 1.94. The van der Waals surface area contributed by atoms with Crippen LogP contribution in [-0.4, -0.2) is 51.0 Å². The van der Waals surface area contributed by atoms with Crippen LogP contribution >= 0.6 is 0 Å². The van der Waals surface area contributed by atoms with Crippen molar-refractivity contribution in [3.63, 3.8) is 0 Å². The number of hydrogen-bond donors (Lipinski definition) is 2. The van der Waals surface area contributed by atoms with E-state index in [2.05, 4.69) is 10.3 Å². The van der Waals surface area contributed by atoms with E-state index in [9.17, 15) is 9.90 Å². The second-order valence-electron chi connectivity index (χ2n) is 3.43. The molecule has 0 aliphatic heterocycles. The van der Waals surface area contributed by atoms with E-state index < -0.39 is 12.1 Å². The van der Waals surface area contributed by atoms with Crippen LogP contribution in [0.4, 0.5) is 0 Å². The maximum atomic E-state index is 10.3. The summed E-state index contributed by atoms with van der Waals surface area (Å²) in [5.74, 6) is -0.867. The minimum Gasteiger partial charge on any atom is -0.481 e. The van der Waals surface area contributed by atoms with Gasteiger partial charge in [-0.3, -0.25) is 4.79 Å². The van der Waals surface area contributed by atoms with Crippen LogP contribution < -0.4 is 0 Å². The van der Waals surface area contributed by atoms with Crippen molar-refractivity contribution in [1.82, 2.24) is 15.0 Å². The van der Waals surface area contributed by atoms with Crippen LogP contribution in [0.25, 0.3) is 0 Å². The molecule has 2 N–H and O–H groups in total. The summed E-state index contributed by atoms with van der Waals surface area (Å²) in [4.78, 5) is 10.3. The van der Waals surface area contributed by atoms with Crippen LogP contribution in [0.15, 0.2) is 6.20 Å². The Bertz CT molecular complexity index is 339. The number of rotatable bonds is 7. The Kier molecular flexibility index (Phi) is 4.87. The average Bonchev–Trinajstić information content (AvgIpc) is 2.63. The van der Waals surface area contributed by atoms with Crippen LogP contribution in [0.2, 0.25) is 0 Å². The molecule has 0 aliphatic rings. The molecule has 0 radical (unpaired) electrons. The van der Waals surface area contributed by atoms with Gasteiger partial charge in [-0.05, 0) is 0 Å². The average molecular weight is 229 g/mol. The number of aliphatic hydroxyl groups is 1. The first-order valence-electron chi connectivity index (χ1n) is 4.89. The van der Waals surface area contributed by atoms with Crippen molar-refractivity contribution in [1.29, 1.82) is 0 Å². The largest absolute Gasteiger partial charge is 0.481 e. The highest BCUT2D eigenvalue weighted by Gasteiger charge is 2.08. The molecule has 0 bridgehead atoms. The number of aliphatic hydroxyl groups excluding tert-OH is 1. The van der Waals surface area contributed by atoms with Crippen LogP contribution in [0, 0.1) is 0 Å². The van der Waals surface area contributed by atoms with Crippen molar-refractivity contribution in [2.75, 3.05) is 13.7 Å². The molecule has 0 fully saturated rings. The molecule has 7 heteroatoms. The van der Waals surface area contributed by atoms with E-state index in [-0.39, 0.29) is 19.6 Å². The van der Waals surface area contributed by atoms with Crippen LogP contribution in [0.1, 0.15) is 12.1 Å². The summed E-state index contributed by atoms with van der Waals surface area (Å²) < 4.78 is 6.25. The monoisotopic (exact) mass is 229 g/mol. The Hall–Kier alpha value is -1.47. The minimum absolute atomic E-state index is 0.0271. The Balaban J connectivity index is 2.41. The summed E-state index contributed by atoms with van der Waals surface area (Å²) in [5, 5.41) is 25.5. The quantitative estimate of drug-likeness (QED) is 0.641. The highest BCUT2D eigenvalue weighted by atomic mass is 16.5. The van der Waals surface area contributed by atoms with Gasteiger partial charge < -0.3 is 14.9 Å². The predicted molar refractivity (Wildman–Crippen MR) is 53.9 cm³/mol. The van der Waals surface area contributed by atoms with Gasteiger partial charge in [0.15, 0.2) is 0 Å². The number of nitrogens with zero attached hydrogens (tertiary/aromatic N) is 3. The molecule has 0 aromatic carbocycles. The van der Waals surface area contributed by atoms with E-state index in [4.69, 9.17) is 9.84 Å². The fraction of sp³-hybridized carbons (Fsp3) is 0.667. The van der Waals surface area contributed by atoms with Crippen molar-refractivity contribution < 1.29 is 19.7 Å². The molecule has 1 rings (SSSR count). The fourth-order valence-electron chi connectivity index (χ4n) is 1.24. The van der Waals surface area contributed by atoms with Crippen molar-refractivity contribution in [2.24, 2.45) is 0 Å². The van der Waals surface area contributed by atoms with E-state index in [0.29, 0.717) is 12.1 Å². The van der Waals surface area contributed by atoms with Crippen molar-refractivity contribution in [3.05, 3.63) is 11.9 Å². The third kappa shape index (κ3) is 4.37. The van der Waals surface area contributed by atoms with Gasteiger partial charge in [0, 0.05) is 19.7 Å².